The van der Waals surface area contributed by atoms with E-state index in [0.29, 0.717) is 22.2 Å². The lowest BCUT2D eigenvalue weighted by Crippen LogP contribution is -2.20. The fourth-order valence-electron chi connectivity index (χ4n) is 3.44. The Labute approximate surface area is 175 Å². The molecule has 3 aromatic heterocycles. The summed E-state index contributed by atoms with van der Waals surface area (Å²) in [5.74, 6) is 0.151. The molecule has 0 unspecified atom stereocenters. The first-order valence-electron chi connectivity index (χ1n) is 9.31. The third-order valence-electron chi connectivity index (χ3n) is 4.80. The van der Waals surface area contributed by atoms with Crippen LogP contribution in [0, 0.1) is 6.92 Å². The summed E-state index contributed by atoms with van der Waals surface area (Å²) in [5, 5.41) is 13.1. The molecule has 0 aliphatic heterocycles. The summed E-state index contributed by atoms with van der Waals surface area (Å²) < 4.78 is 2.26. The van der Waals surface area contributed by atoms with E-state index in [2.05, 4.69) is 15.0 Å². The van der Waals surface area contributed by atoms with Crippen molar-refractivity contribution in [1.82, 2.24) is 14.5 Å². The fourth-order valence-corrected chi connectivity index (χ4v) is 4.30. The number of fused-ring (bicyclic) bond motifs is 2. The molecule has 3 heterocycles. The van der Waals surface area contributed by atoms with Crippen LogP contribution >= 0.6 is 11.3 Å². The smallest absolute Gasteiger partial charge is 0.267 e. The summed E-state index contributed by atoms with van der Waals surface area (Å²) in [6.07, 6.45) is 3.17. The lowest BCUT2D eigenvalue weighted by Gasteiger charge is -2.12. The van der Waals surface area contributed by atoms with Crippen LogP contribution in [0.4, 0.5) is 5.69 Å². The number of benzene rings is 2. The Balaban J connectivity index is 1.71. The Hall–Kier alpha value is -3.84. The van der Waals surface area contributed by atoms with E-state index >= 15 is 0 Å². The largest absolute Gasteiger partial charge is 0.494 e. The van der Waals surface area contributed by atoms with Gasteiger partial charge in [-0.1, -0.05) is 24.3 Å². The van der Waals surface area contributed by atoms with Crippen LogP contribution in [0.15, 0.2) is 76.6 Å². The van der Waals surface area contributed by atoms with Crippen molar-refractivity contribution in [3.8, 4) is 11.7 Å². The summed E-state index contributed by atoms with van der Waals surface area (Å²) in [5.41, 5.74) is 1.80. The van der Waals surface area contributed by atoms with Crippen molar-refractivity contribution in [2.75, 3.05) is 0 Å². The predicted octanol–water partition coefficient (Wildman–Crippen LogP) is 4.76. The minimum absolute atomic E-state index is 0.198. The Bertz CT molecular complexity index is 1490. The van der Waals surface area contributed by atoms with Gasteiger partial charge in [0.2, 0.25) is 5.88 Å². The molecule has 146 valence electrons. The number of pyridine rings is 2. The van der Waals surface area contributed by atoms with Crippen LogP contribution in [-0.2, 0) is 0 Å². The van der Waals surface area contributed by atoms with Gasteiger partial charge in [0.1, 0.15) is 5.82 Å². The molecule has 0 amide bonds. The highest BCUT2D eigenvalue weighted by molar-refractivity contribution is 7.18. The van der Waals surface area contributed by atoms with Gasteiger partial charge in [0.15, 0.2) is 0 Å². The highest BCUT2D eigenvalue weighted by atomic mass is 32.1. The lowest BCUT2D eigenvalue weighted by molar-refractivity contribution is 0.435. The normalized spacial score (nSPS) is 11.6. The van der Waals surface area contributed by atoms with Gasteiger partial charge in [-0.15, -0.1) is 11.3 Å². The Kier molecular flexibility index (Phi) is 4.37. The molecule has 1 N–H and O–H groups in total. The molecular formula is C23H16N4O2S. The van der Waals surface area contributed by atoms with Crippen LogP contribution < -0.4 is 5.56 Å². The SMILES string of the molecule is Cc1nc2ccc(N=Cc3c(O)n(-c4ccccn4)c(=O)c4ccccc34)cc2s1. The van der Waals surface area contributed by atoms with E-state index in [0.717, 1.165) is 20.9 Å². The van der Waals surface area contributed by atoms with Crippen molar-refractivity contribution in [2.24, 2.45) is 4.99 Å². The van der Waals surface area contributed by atoms with E-state index in [9.17, 15) is 9.90 Å². The Morgan fingerprint density at radius 1 is 1.07 bits per heavy atom. The van der Waals surface area contributed by atoms with Gasteiger partial charge in [0.05, 0.1) is 26.5 Å². The molecule has 0 spiro atoms. The van der Waals surface area contributed by atoms with Gasteiger partial charge in [0, 0.05) is 23.2 Å². The number of nitrogens with zero attached hydrogens (tertiary/aromatic N) is 4. The monoisotopic (exact) mass is 412 g/mol. The summed E-state index contributed by atoms with van der Waals surface area (Å²) in [6.45, 7) is 1.97. The molecule has 0 fully saturated rings. The van der Waals surface area contributed by atoms with Gasteiger partial charge < -0.3 is 5.11 Å². The van der Waals surface area contributed by atoms with Crippen molar-refractivity contribution in [1.29, 1.82) is 0 Å². The van der Waals surface area contributed by atoms with Gasteiger partial charge >= 0.3 is 0 Å². The van der Waals surface area contributed by atoms with Crippen LogP contribution in [0.3, 0.4) is 0 Å². The molecule has 6 nitrogen and oxygen atoms in total. The van der Waals surface area contributed by atoms with Crippen LogP contribution in [0.2, 0.25) is 0 Å². The first-order valence-corrected chi connectivity index (χ1v) is 10.1. The Morgan fingerprint density at radius 2 is 1.87 bits per heavy atom. The number of thiazole rings is 1. The average molecular weight is 412 g/mol. The zero-order valence-electron chi connectivity index (χ0n) is 16.0. The number of aromatic hydroxyl groups is 1. The van der Waals surface area contributed by atoms with E-state index in [1.165, 1.54) is 4.57 Å². The maximum absolute atomic E-state index is 13.0. The van der Waals surface area contributed by atoms with Crippen LogP contribution in [0.25, 0.3) is 26.8 Å². The number of hydrogen-bond acceptors (Lipinski definition) is 6. The molecule has 0 aliphatic carbocycles. The number of aromatic nitrogens is 3. The van der Waals surface area contributed by atoms with E-state index in [1.807, 2.05) is 31.2 Å². The van der Waals surface area contributed by atoms with Gasteiger partial charge in [-0.2, -0.15) is 0 Å². The van der Waals surface area contributed by atoms with E-state index in [-0.39, 0.29) is 11.4 Å². The molecule has 7 heteroatoms. The first kappa shape index (κ1) is 18.2. The van der Waals surface area contributed by atoms with Crippen molar-refractivity contribution in [3.05, 3.63) is 87.8 Å². The van der Waals surface area contributed by atoms with Crippen molar-refractivity contribution in [2.45, 2.75) is 6.92 Å². The predicted molar refractivity (Wildman–Crippen MR) is 121 cm³/mol. The van der Waals surface area contributed by atoms with Gasteiger partial charge in [-0.05, 0) is 43.3 Å². The molecule has 2 aromatic carbocycles. The quantitative estimate of drug-likeness (QED) is 0.433. The highest BCUT2D eigenvalue weighted by Gasteiger charge is 2.16. The molecule has 30 heavy (non-hydrogen) atoms. The Morgan fingerprint density at radius 3 is 2.67 bits per heavy atom. The third kappa shape index (κ3) is 3.05. The zero-order valence-corrected chi connectivity index (χ0v) is 16.8. The van der Waals surface area contributed by atoms with Gasteiger partial charge in [-0.3, -0.25) is 9.79 Å². The lowest BCUT2D eigenvalue weighted by atomic mass is 10.1. The first-order chi connectivity index (χ1) is 14.6. The van der Waals surface area contributed by atoms with Gasteiger partial charge in [0.25, 0.3) is 5.56 Å². The zero-order chi connectivity index (χ0) is 20.7. The summed E-state index contributed by atoms with van der Waals surface area (Å²) in [4.78, 5) is 26.3. The molecule has 0 bridgehead atoms. The second-order valence-corrected chi connectivity index (χ2v) is 7.99. The van der Waals surface area contributed by atoms with Crippen LogP contribution in [-0.4, -0.2) is 25.9 Å². The molecule has 5 rings (SSSR count). The third-order valence-corrected chi connectivity index (χ3v) is 5.74. The topological polar surface area (TPSA) is 80.4 Å². The summed E-state index contributed by atoms with van der Waals surface area (Å²) in [6, 6.07) is 18.1. The molecular weight excluding hydrogens is 396 g/mol. The van der Waals surface area contributed by atoms with E-state index < -0.39 is 0 Å². The maximum atomic E-state index is 13.0. The highest BCUT2D eigenvalue weighted by Crippen LogP contribution is 2.28. The van der Waals surface area contributed by atoms with E-state index in [1.54, 1.807) is 60.1 Å². The number of rotatable bonds is 3. The number of aryl methyl sites for hydroxylation is 1. The summed E-state index contributed by atoms with van der Waals surface area (Å²) in [7, 11) is 0. The number of hydrogen-bond donors (Lipinski definition) is 1. The van der Waals surface area contributed by atoms with Crippen molar-refractivity contribution >= 4 is 44.2 Å². The molecule has 0 saturated heterocycles. The molecule has 0 radical (unpaired) electrons. The van der Waals surface area contributed by atoms with Crippen molar-refractivity contribution < 1.29 is 5.11 Å². The molecule has 0 aliphatic rings. The molecule has 0 atom stereocenters. The van der Waals surface area contributed by atoms with E-state index in [4.69, 9.17) is 0 Å². The maximum Gasteiger partial charge on any atom is 0.267 e. The average Bonchev–Trinajstić information content (AvgIpc) is 3.14. The van der Waals surface area contributed by atoms with Crippen LogP contribution in [0.1, 0.15) is 10.6 Å². The molecule has 5 aromatic rings. The second kappa shape index (κ2) is 7.20. The molecule has 0 saturated carbocycles. The minimum atomic E-state index is -0.333. The standard InChI is InChI=1S/C23H16N4O2S/c1-14-26-19-10-9-15(12-20(19)30-14)25-13-18-16-6-2-3-7-17(16)22(28)27(23(18)29)21-8-4-5-11-24-21/h2-13,29H,1H3. The number of aliphatic imine (C=N–C) groups is 1. The van der Waals surface area contributed by atoms with Gasteiger partial charge in [-0.25, -0.2) is 14.5 Å². The minimum Gasteiger partial charge on any atom is -0.494 e. The fraction of sp³-hybridized carbons (Fsp3) is 0.0435. The summed E-state index contributed by atoms with van der Waals surface area (Å²) >= 11 is 1.61. The van der Waals surface area contributed by atoms with Crippen molar-refractivity contribution in [3.63, 3.8) is 0 Å². The van der Waals surface area contributed by atoms with Crippen LogP contribution in [0.5, 0.6) is 5.88 Å². The second-order valence-electron chi connectivity index (χ2n) is 6.75.